The van der Waals surface area contributed by atoms with Gasteiger partial charge in [0.25, 0.3) is 0 Å². The summed E-state index contributed by atoms with van der Waals surface area (Å²) in [6.07, 6.45) is 20.8. The van der Waals surface area contributed by atoms with Crippen molar-refractivity contribution in [3.8, 4) is 11.5 Å². The van der Waals surface area contributed by atoms with Gasteiger partial charge in [-0.2, -0.15) is 0 Å². The minimum Gasteiger partial charge on any atom is -0.459 e. The van der Waals surface area contributed by atoms with E-state index in [4.69, 9.17) is 33.7 Å². The molecule has 2 fully saturated rings. The van der Waals surface area contributed by atoms with Crippen LogP contribution in [0.2, 0.25) is 0 Å². The van der Waals surface area contributed by atoms with Gasteiger partial charge in [-0.05, 0) is 87.5 Å². The Morgan fingerprint density at radius 2 is 1.69 bits per heavy atom. The van der Waals surface area contributed by atoms with Crippen molar-refractivity contribution in [2.75, 3.05) is 59.3 Å². The van der Waals surface area contributed by atoms with E-state index in [9.17, 15) is 24.9 Å². The van der Waals surface area contributed by atoms with E-state index in [-0.39, 0.29) is 76.3 Å². The lowest BCUT2D eigenvalue weighted by Gasteiger charge is -2.60. The van der Waals surface area contributed by atoms with Crippen LogP contribution in [0.4, 0.5) is 4.79 Å². The monoisotopic (exact) mass is 912 g/mol. The number of carbonyl (C=O) groups is 2. The number of aliphatic hydroxyl groups is 3. The smallest absolute Gasteiger partial charge is 0.412 e. The summed E-state index contributed by atoms with van der Waals surface area (Å²) in [5, 5.41) is 37.2. The van der Waals surface area contributed by atoms with Crippen molar-refractivity contribution >= 4 is 17.7 Å². The van der Waals surface area contributed by atoms with E-state index in [1.807, 2.05) is 24.0 Å². The zero-order chi connectivity index (χ0) is 46.3. The maximum atomic E-state index is 14.9. The number of carbonyl (C=O) groups excluding carboxylic acids is 2. The first-order chi connectivity index (χ1) is 31.8. The average Bonchev–Trinajstić information content (AvgIpc) is 3.31. The van der Waals surface area contributed by atoms with Crippen LogP contribution >= 0.6 is 0 Å². The molecule has 0 radical (unpaired) electrons. The van der Waals surface area contributed by atoms with Crippen LogP contribution in [0.5, 0.6) is 11.5 Å². The second-order valence-electron chi connectivity index (χ2n) is 18.1. The first-order valence-corrected chi connectivity index (χ1v) is 25.1. The molecule has 1 saturated carbocycles. The number of unbranched alkanes of at least 4 members (excludes halogenated alkanes) is 10. The number of aliphatic hydroxyl groups excluding tert-OH is 3. The van der Waals surface area contributed by atoms with Crippen molar-refractivity contribution in [2.45, 2.75) is 166 Å². The lowest BCUT2D eigenvalue weighted by atomic mass is 9.55. The zero-order valence-electron chi connectivity index (χ0n) is 39.6. The second-order valence-corrected chi connectivity index (χ2v) is 18.1. The highest BCUT2D eigenvalue weighted by Crippen LogP contribution is 2.62. The summed E-state index contributed by atoms with van der Waals surface area (Å²) in [4.78, 5) is 35.9. The molecule has 2 aliphatic carbocycles. The molecule has 1 aromatic rings. The number of allylic oxidation sites excluding steroid dienone is 1. The van der Waals surface area contributed by atoms with Gasteiger partial charge in [-0.25, -0.2) is 4.79 Å². The van der Waals surface area contributed by atoms with E-state index in [1.54, 1.807) is 12.1 Å². The van der Waals surface area contributed by atoms with Gasteiger partial charge in [0.05, 0.1) is 44.7 Å². The number of hydrogen-bond acceptors (Lipinski definition) is 12. The van der Waals surface area contributed by atoms with Gasteiger partial charge in [-0.1, -0.05) is 88.4 Å². The summed E-state index contributed by atoms with van der Waals surface area (Å²) in [7, 11) is 0. The molecule has 366 valence electrons. The predicted molar refractivity (Wildman–Crippen MR) is 251 cm³/mol. The van der Waals surface area contributed by atoms with Gasteiger partial charge in [-0.15, -0.1) is 6.58 Å². The minimum absolute atomic E-state index is 0.00433. The first kappa shape index (κ1) is 52.4. The van der Waals surface area contributed by atoms with E-state index in [0.717, 1.165) is 75.3 Å². The van der Waals surface area contributed by atoms with Crippen LogP contribution in [0.1, 0.15) is 154 Å². The Kier molecular flexibility index (Phi) is 23.1. The Labute approximate surface area is 388 Å². The fourth-order valence-electron chi connectivity index (χ4n) is 10.4. The first-order valence-electron chi connectivity index (χ1n) is 25.1. The van der Waals surface area contributed by atoms with E-state index in [0.29, 0.717) is 56.0 Å². The molecule has 0 aromatic heterocycles. The number of benzene rings is 1. The SMILES string of the molecule is C=CCOC12Oc3ccc(OC(=O)NCC)cc3C3C(CCCCO)C(CCCCO)C=C(C(=NOC4CCCCO4)CC1N(CCOCCO)C(=O)CCCCCCCCCCC)C32. The molecular weight excluding hydrogens is 831 g/mol. The summed E-state index contributed by atoms with van der Waals surface area (Å²) in [6.45, 7) is 9.84. The third kappa shape index (κ3) is 14.7. The molecule has 4 aliphatic rings. The molecule has 2 heterocycles. The van der Waals surface area contributed by atoms with Crippen molar-refractivity contribution < 1.29 is 53.4 Å². The van der Waals surface area contributed by atoms with Gasteiger partial charge in [0.1, 0.15) is 17.5 Å². The molecule has 1 aromatic carbocycles. The Morgan fingerprint density at radius 1 is 0.938 bits per heavy atom. The lowest BCUT2D eigenvalue weighted by molar-refractivity contribution is -0.258. The van der Waals surface area contributed by atoms with Crippen LogP contribution < -0.4 is 14.8 Å². The fraction of sp³-hybridized carbons (Fsp3) is 0.745. The Hall–Kier alpha value is -3.53. The lowest BCUT2D eigenvalue weighted by Crippen LogP contribution is -2.70. The van der Waals surface area contributed by atoms with E-state index in [1.165, 1.54) is 32.1 Å². The Bertz CT molecular complexity index is 1650. The van der Waals surface area contributed by atoms with E-state index >= 15 is 0 Å². The molecule has 5 rings (SSSR count). The highest BCUT2D eigenvalue weighted by Gasteiger charge is 2.65. The van der Waals surface area contributed by atoms with Crippen molar-refractivity contribution in [1.29, 1.82) is 0 Å². The number of amides is 2. The molecule has 14 heteroatoms. The summed E-state index contributed by atoms with van der Waals surface area (Å²) < 4.78 is 32.2. The molecule has 0 bridgehead atoms. The number of ether oxygens (including phenoxy) is 5. The van der Waals surface area contributed by atoms with Crippen molar-refractivity contribution in [3.63, 3.8) is 0 Å². The zero-order valence-corrected chi connectivity index (χ0v) is 39.6. The molecule has 1 saturated heterocycles. The van der Waals surface area contributed by atoms with Crippen LogP contribution in [0, 0.1) is 17.8 Å². The number of fused-ring (bicyclic) bond motifs is 2. The number of oxime groups is 1. The third-order valence-corrected chi connectivity index (χ3v) is 13.5. The number of nitrogens with zero attached hydrogens (tertiary/aromatic N) is 2. The van der Waals surface area contributed by atoms with Crippen molar-refractivity contribution in [3.05, 3.63) is 48.1 Å². The molecule has 14 nitrogen and oxygen atoms in total. The largest absolute Gasteiger partial charge is 0.459 e. The molecular formula is C51H81N3O11. The van der Waals surface area contributed by atoms with Gasteiger partial charge in [0.2, 0.25) is 18.0 Å². The van der Waals surface area contributed by atoms with Crippen LogP contribution in [0.15, 0.2) is 47.7 Å². The van der Waals surface area contributed by atoms with Crippen LogP contribution in [0.3, 0.4) is 0 Å². The average molecular weight is 912 g/mol. The standard InChI is InChI=1S/C51H81N3O11/c1-4-7-8-9-10-11-12-13-14-23-46(58)54(27-33-60-34-30-57)45-37-43(53-65-47-24-17-20-32-61-47)41-35-38(21-15-18-28-55)40(22-16-19-29-56)48-42-36-39(63-50(59)52-6-3)25-26-44(42)64-51(45,49(41)48)62-31-5-2/h5,25-26,35-36,38,40,45,47-49,55-57H,2,4,6-24,27-34,37H2,1,3H3,(H,52,59). The quantitative estimate of drug-likeness (QED) is 0.0318. The molecule has 2 amide bonds. The Balaban J connectivity index is 1.66. The molecule has 7 unspecified atom stereocenters. The third-order valence-electron chi connectivity index (χ3n) is 13.5. The molecule has 0 spiro atoms. The highest BCUT2D eigenvalue weighted by molar-refractivity contribution is 6.03. The highest BCUT2D eigenvalue weighted by atomic mass is 16.8. The summed E-state index contributed by atoms with van der Waals surface area (Å²) in [5.74, 6) is -1.28. The molecule has 7 atom stereocenters. The van der Waals surface area contributed by atoms with Crippen molar-refractivity contribution in [2.24, 2.45) is 22.9 Å². The second kappa shape index (κ2) is 28.6. The number of rotatable bonds is 31. The summed E-state index contributed by atoms with van der Waals surface area (Å²) >= 11 is 0. The normalized spacial score (nSPS) is 25.2. The summed E-state index contributed by atoms with van der Waals surface area (Å²) in [5.41, 5.74) is 2.47. The Morgan fingerprint density at radius 3 is 2.38 bits per heavy atom. The number of hydrogen-bond donors (Lipinski definition) is 4. The van der Waals surface area contributed by atoms with Gasteiger partial charge in [0, 0.05) is 57.0 Å². The van der Waals surface area contributed by atoms with Gasteiger partial charge in [-0.3, -0.25) is 4.79 Å². The van der Waals surface area contributed by atoms with Gasteiger partial charge >= 0.3 is 6.09 Å². The van der Waals surface area contributed by atoms with Gasteiger partial charge < -0.3 is 54.1 Å². The predicted octanol–water partition coefficient (Wildman–Crippen LogP) is 8.71. The molecule has 65 heavy (non-hydrogen) atoms. The number of nitrogens with one attached hydrogen (secondary N) is 1. The maximum absolute atomic E-state index is 14.9. The topological polar surface area (TPSA) is 178 Å². The minimum atomic E-state index is -1.43. The van der Waals surface area contributed by atoms with E-state index in [2.05, 4.69) is 24.9 Å². The maximum Gasteiger partial charge on any atom is 0.412 e. The van der Waals surface area contributed by atoms with Crippen LogP contribution in [0.25, 0.3) is 0 Å². The fourth-order valence-corrected chi connectivity index (χ4v) is 10.4. The summed E-state index contributed by atoms with van der Waals surface area (Å²) in [6, 6.07) is 4.77. The van der Waals surface area contributed by atoms with Gasteiger partial charge in [0.15, 0.2) is 0 Å². The van der Waals surface area contributed by atoms with Crippen LogP contribution in [-0.4, -0.2) is 115 Å². The van der Waals surface area contributed by atoms with E-state index < -0.39 is 30.1 Å². The van der Waals surface area contributed by atoms with Crippen molar-refractivity contribution in [1.82, 2.24) is 10.2 Å². The van der Waals surface area contributed by atoms with Crippen LogP contribution in [-0.2, 0) is 23.8 Å². The molecule has 2 aliphatic heterocycles. The molecule has 4 N–H and O–H groups in total.